The molecule has 1 heterocycles. The Morgan fingerprint density at radius 1 is 1.15 bits per heavy atom. The highest BCUT2D eigenvalue weighted by Crippen LogP contribution is 2.28. The molecule has 26 heavy (non-hydrogen) atoms. The molecule has 0 unspecified atom stereocenters. The van der Waals surface area contributed by atoms with Crippen LogP contribution < -0.4 is 10.6 Å². The molecular weight excluding hydrogens is 349 g/mol. The first-order chi connectivity index (χ1) is 12.6. The summed E-state index contributed by atoms with van der Waals surface area (Å²) in [7, 11) is 0. The number of carbonyl (C=O) groups excluding carboxylic acids is 1. The van der Waals surface area contributed by atoms with E-state index < -0.39 is 0 Å². The summed E-state index contributed by atoms with van der Waals surface area (Å²) in [5.74, 6) is -0.252. The van der Waals surface area contributed by atoms with Gasteiger partial charge >= 0.3 is 0 Å². The Morgan fingerprint density at radius 3 is 2.69 bits per heavy atom. The van der Waals surface area contributed by atoms with Crippen molar-refractivity contribution in [2.75, 3.05) is 10.6 Å². The molecular formula is C20H20FN3OS. The van der Waals surface area contributed by atoms with Crippen LogP contribution in [0.2, 0.25) is 0 Å². The van der Waals surface area contributed by atoms with E-state index in [2.05, 4.69) is 22.5 Å². The van der Waals surface area contributed by atoms with Crippen molar-refractivity contribution < 1.29 is 9.18 Å². The van der Waals surface area contributed by atoms with E-state index in [1.165, 1.54) is 23.5 Å². The van der Waals surface area contributed by atoms with Crippen LogP contribution in [0.4, 0.5) is 20.9 Å². The average molecular weight is 369 g/mol. The number of unbranched alkanes of at least 4 members (excludes halogenated alkanes) is 1. The predicted molar refractivity (Wildman–Crippen MR) is 105 cm³/mol. The number of hydrogen-bond donors (Lipinski definition) is 2. The van der Waals surface area contributed by atoms with Crippen molar-refractivity contribution in [3.63, 3.8) is 0 Å². The molecule has 134 valence electrons. The molecule has 1 aromatic heterocycles. The van der Waals surface area contributed by atoms with Gasteiger partial charge in [0.25, 0.3) is 0 Å². The Labute approximate surface area is 156 Å². The first-order valence-corrected chi connectivity index (χ1v) is 9.40. The van der Waals surface area contributed by atoms with Gasteiger partial charge in [-0.15, -0.1) is 11.3 Å². The van der Waals surface area contributed by atoms with Crippen LogP contribution in [0, 0.1) is 5.82 Å². The Hall–Kier alpha value is -2.73. The van der Waals surface area contributed by atoms with Crippen LogP contribution >= 0.6 is 11.3 Å². The molecule has 3 aromatic rings. The van der Waals surface area contributed by atoms with Gasteiger partial charge in [0.15, 0.2) is 5.13 Å². The van der Waals surface area contributed by atoms with E-state index >= 15 is 0 Å². The second kappa shape index (κ2) is 8.58. The quantitative estimate of drug-likeness (QED) is 0.551. The van der Waals surface area contributed by atoms with Crippen LogP contribution in [0.5, 0.6) is 0 Å². The van der Waals surface area contributed by atoms with E-state index in [0.29, 0.717) is 17.2 Å². The number of aromatic nitrogens is 1. The molecule has 2 N–H and O–H groups in total. The van der Waals surface area contributed by atoms with Gasteiger partial charge in [0, 0.05) is 28.7 Å². The highest BCUT2D eigenvalue weighted by atomic mass is 32.1. The van der Waals surface area contributed by atoms with E-state index in [-0.39, 0.29) is 11.7 Å². The first-order valence-electron chi connectivity index (χ1n) is 8.52. The van der Waals surface area contributed by atoms with Crippen LogP contribution in [0.25, 0.3) is 11.3 Å². The summed E-state index contributed by atoms with van der Waals surface area (Å²) < 4.78 is 13.2. The molecule has 0 saturated heterocycles. The van der Waals surface area contributed by atoms with E-state index in [4.69, 9.17) is 0 Å². The lowest BCUT2D eigenvalue weighted by molar-refractivity contribution is -0.116. The smallest absolute Gasteiger partial charge is 0.224 e. The molecule has 6 heteroatoms. The van der Waals surface area contributed by atoms with Gasteiger partial charge in [0.2, 0.25) is 5.91 Å². The van der Waals surface area contributed by atoms with Gasteiger partial charge < -0.3 is 10.6 Å². The number of carbonyl (C=O) groups is 1. The number of anilines is 3. The van der Waals surface area contributed by atoms with Crippen molar-refractivity contribution in [3.05, 3.63) is 59.7 Å². The number of benzene rings is 2. The van der Waals surface area contributed by atoms with Crippen LogP contribution in [-0.2, 0) is 4.79 Å². The molecule has 3 rings (SSSR count). The van der Waals surface area contributed by atoms with Crippen molar-refractivity contribution >= 4 is 33.8 Å². The standard InChI is InChI=1S/C20H20FN3OS/c1-2-3-7-19(25)22-16-10-8-14(9-11-16)18-13-26-20(24-18)23-17-6-4-5-15(21)12-17/h4-6,8-13H,2-3,7H2,1H3,(H,22,25)(H,23,24). The molecule has 0 aliphatic rings. The van der Waals surface area contributed by atoms with E-state index in [9.17, 15) is 9.18 Å². The largest absolute Gasteiger partial charge is 0.331 e. The monoisotopic (exact) mass is 369 g/mol. The van der Waals surface area contributed by atoms with Gasteiger partial charge in [-0.05, 0) is 36.8 Å². The summed E-state index contributed by atoms with van der Waals surface area (Å²) in [4.78, 5) is 16.3. The number of amides is 1. The molecule has 0 radical (unpaired) electrons. The van der Waals surface area contributed by atoms with Crippen LogP contribution in [0.15, 0.2) is 53.9 Å². The Bertz CT molecular complexity index is 877. The Balaban J connectivity index is 1.64. The fraction of sp³-hybridized carbons (Fsp3) is 0.200. The highest BCUT2D eigenvalue weighted by Gasteiger charge is 2.07. The predicted octanol–water partition coefficient (Wildman–Crippen LogP) is 5.82. The number of hydrogen-bond acceptors (Lipinski definition) is 4. The van der Waals surface area contributed by atoms with Gasteiger partial charge in [-0.3, -0.25) is 4.79 Å². The second-order valence-corrected chi connectivity index (χ2v) is 6.76. The molecule has 0 fully saturated rings. The SMILES string of the molecule is CCCCC(=O)Nc1ccc(-c2csc(Nc3cccc(F)c3)n2)cc1. The normalized spacial score (nSPS) is 10.5. The summed E-state index contributed by atoms with van der Waals surface area (Å²) in [6.07, 6.45) is 2.44. The zero-order valence-electron chi connectivity index (χ0n) is 14.5. The summed E-state index contributed by atoms with van der Waals surface area (Å²) in [6.45, 7) is 2.06. The van der Waals surface area contributed by atoms with Gasteiger partial charge in [-0.25, -0.2) is 9.37 Å². The highest BCUT2D eigenvalue weighted by molar-refractivity contribution is 7.14. The van der Waals surface area contributed by atoms with Crippen molar-refractivity contribution in [2.24, 2.45) is 0 Å². The fourth-order valence-corrected chi connectivity index (χ4v) is 3.18. The van der Waals surface area contributed by atoms with Crippen molar-refractivity contribution in [2.45, 2.75) is 26.2 Å². The lowest BCUT2D eigenvalue weighted by Crippen LogP contribution is -2.10. The van der Waals surface area contributed by atoms with E-state index in [1.807, 2.05) is 29.6 Å². The van der Waals surface area contributed by atoms with E-state index in [1.54, 1.807) is 12.1 Å². The minimum absolute atomic E-state index is 0.0369. The average Bonchev–Trinajstić information content (AvgIpc) is 3.09. The third-order valence-electron chi connectivity index (χ3n) is 3.80. The number of halogens is 1. The first kappa shape index (κ1) is 18.1. The number of thiazole rings is 1. The van der Waals surface area contributed by atoms with Gasteiger partial charge in [0.05, 0.1) is 5.69 Å². The summed E-state index contributed by atoms with van der Waals surface area (Å²) in [6, 6.07) is 13.9. The van der Waals surface area contributed by atoms with Gasteiger partial charge in [-0.1, -0.05) is 31.5 Å². The number of nitrogens with zero attached hydrogens (tertiary/aromatic N) is 1. The summed E-state index contributed by atoms with van der Waals surface area (Å²) in [5, 5.41) is 8.63. The topological polar surface area (TPSA) is 54.0 Å². The third kappa shape index (κ3) is 4.89. The molecule has 0 spiro atoms. The minimum Gasteiger partial charge on any atom is -0.331 e. The second-order valence-electron chi connectivity index (χ2n) is 5.90. The molecule has 4 nitrogen and oxygen atoms in total. The van der Waals surface area contributed by atoms with Crippen molar-refractivity contribution in [3.8, 4) is 11.3 Å². The maximum atomic E-state index is 13.2. The lowest BCUT2D eigenvalue weighted by atomic mass is 10.1. The maximum absolute atomic E-state index is 13.2. The van der Waals surface area contributed by atoms with Crippen LogP contribution in [0.3, 0.4) is 0 Å². The van der Waals surface area contributed by atoms with Gasteiger partial charge in [-0.2, -0.15) is 0 Å². The zero-order valence-corrected chi connectivity index (χ0v) is 15.3. The van der Waals surface area contributed by atoms with Crippen LogP contribution in [-0.4, -0.2) is 10.9 Å². The number of nitrogens with one attached hydrogen (secondary N) is 2. The fourth-order valence-electron chi connectivity index (χ4n) is 2.44. The molecule has 0 bridgehead atoms. The molecule has 2 aromatic carbocycles. The minimum atomic E-state index is -0.289. The zero-order chi connectivity index (χ0) is 18.4. The van der Waals surface area contributed by atoms with E-state index in [0.717, 1.165) is 29.8 Å². The summed E-state index contributed by atoms with van der Waals surface area (Å²) >= 11 is 1.45. The number of rotatable bonds is 7. The van der Waals surface area contributed by atoms with Crippen molar-refractivity contribution in [1.82, 2.24) is 4.98 Å². The molecule has 0 atom stereocenters. The van der Waals surface area contributed by atoms with Crippen molar-refractivity contribution in [1.29, 1.82) is 0 Å². The summed E-state index contributed by atoms with van der Waals surface area (Å²) in [5.41, 5.74) is 3.23. The Morgan fingerprint density at radius 2 is 1.96 bits per heavy atom. The third-order valence-corrected chi connectivity index (χ3v) is 4.56. The maximum Gasteiger partial charge on any atom is 0.224 e. The molecule has 1 amide bonds. The Kier molecular flexibility index (Phi) is 5.96. The molecule has 0 aliphatic carbocycles. The molecule has 0 saturated carbocycles. The van der Waals surface area contributed by atoms with Crippen LogP contribution in [0.1, 0.15) is 26.2 Å². The molecule has 0 aliphatic heterocycles. The lowest BCUT2D eigenvalue weighted by Gasteiger charge is -2.05. The van der Waals surface area contributed by atoms with Gasteiger partial charge in [0.1, 0.15) is 5.82 Å².